The highest BCUT2D eigenvalue weighted by atomic mass is 14.9. The molecule has 0 spiro atoms. The summed E-state index contributed by atoms with van der Waals surface area (Å²) in [4.78, 5) is 0. The maximum atomic E-state index is 8.26. The largest absolute Gasteiger partial charge is 0.212 e. The number of hydrogen-bond acceptors (Lipinski definition) is 0. The Labute approximate surface area is 432 Å². The second-order valence-electron chi connectivity index (χ2n) is 19.1. The van der Waals surface area contributed by atoms with E-state index in [9.17, 15) is 0 Å². The number of pyridine rings is 4. The van der Waals surface area contributed by atoms with Gasteiger partial charge in [-0.05, 0) is 148 Å². The predicted octanol–water partition coefficient (Wildman–Crippen LogP) is 14.1. The molecule has 8 aromatic rings. The van der Waals surface area contributed by atoms with Gasteiger partial charge in [0.2, 0.25) is 22.8 Å². The molecule has 0 bridgehead atoms. The molecule has 8 rings (SSSR count). The smallest absolute Gasteiger partial charge is 0.201 e. The van der Waals surface area contributed by atoms with Gasteiger partial charge in [-0.15, -0.1) is 0 Å². The van der Waals surface area contributed by atoms with Crippen LogP contribution in [0, 0.1) is 53.4 Å². The summed E-state index contributed by atoms with van der Waals surface area (Å²) in [7, 11) is 8.06. The molecule has 0 radical (unpaired) electrons. The molecular weight excluding hydrogens is 849 g/mol. The molecule has 0 N–H and O–H groups in total. The first kappa shape index (κ1) is 45.9. The van der Waals surface area contributed by atoms with Crippen molar-refractivity contribution < 1.29 is 26.5 Å². The third-order valence-electron chi connectivity index (χ3n) is 12.6. The quantitative estimate of drug-likeness (QED) is 0.121. The minimum absolute atomic E-state index is 0.0492. The number of aryl methyl sites for hydroxylation is 12. The van der Waals surface area contributed by atoms with Gasteiger partial charge in [0.15, 0.2) is 24.8 Å². The maximum absolute atomic E-state index is 8.26. The molecular formula is C66H84N4+4. The minimum atomic E-state index is -1.31. The van der Waals surface area contributed by atoms with Crippen LogP contribution in [0.15, 0.2) is 158 Å². The molecule has 0 unspecified atom stereocenters. The zero-order valence-electron chi connectivity index (χ0n) is 51.2. The molecule has 0 aliphatic rings. The summed E-state index contributed by atoms with van der Waals surface area (Å²) in [5, 5.41) is 0. The molecule has 0 saturated carbocycles. The molecule has 4 aromatic carbocycles. The summed E-state index contributed by atoms with van der Waals surface area (Å²) in [5.41, 5.74) is 20.4. The Morgan fingerprint density at radius 2 is 0.757 bits per heavy atom. The Morgan fingerprint density at radius 3 is 1.16 bits per heavy atom. The van der Waals surface area contributed by atoms with Crippen LogP contribution in [0.25, 0.3) is 45.0 Å². The average Bonchev–Trinajstić information content (AvgIpc) is 3.36. The van der Waals surface area contributed by atoms with Gasteiger partial charge in [0.25, 0.3) is 0 Å². The molecule has 4 nitrogen and oxygen atoms in total. The van der Waals surface area contributed by atoms with E-state index in [2.05, 4.69) is 132 Å². The highest BCUT2D eigenvalue weighted by Crippen LogP contribution is 2.25. The van der Waals surface area contributed by atoms with E-state index in [0.29, 0.717) is 0 Å². The third-order valence-corrected chi connectivity index (χ3v) is 12.6. The van der Waals surface area contributed by atoms with Crippen molar-refractivity contribution in [3.8, 4) is 45.0 Å². The van der Waals surface area contributed by atoms with Crippen LogP contribution < -0.4 is 18.3 Å². The average molecular weight is 939 g/mol. The van der Waals surface area contributed by atoms with Crippen molar-refractivity contribution in [2.45, 2.75) is 109 Å². The van der Waals surface area contributed by atoms with E-state index in [-0.39, 0.29) is 11.8 Å². The lowest BCUT2D eigenvalue weighted by Crippen LogP contribution is -2.32. The van der Waals surface area contributed by atoms with Crippen molar-refractivity contribution >= 4 is 0 Å². The van der Waals surface area contributed by atoms with Crippen molar-refractivity contribution in [1.29, 1.82) is 0 Å². The van der Waals surface area contributed by atoms with Crippen molar-refractivity contribution in [2.24, 2.45) is 40.0 Å². The lowest BCUT2D eigenvalue weighted by atomic mass is 9.99. The molecule has 4 heterocycles. The molecule has 0 fully saturated rings. The van der Waals surface area contributed by atoms with Crippen molar-refractivity contribution in [1.82, 2.24) is 0 Å². The third kappa shape index (κ3) is 14.7. The molecule has 0 saturated heterocycles. The molecule has 70 heavy (non-hydrogen) atoms. The van der Waals surface area contributed by atoms with Crippen molar-refractivity contribution in [3.05, 3.63) is 214 Å². The van der Waals surface area contributed by atoms with Gasteiger partial charge in [-0.1, -0.05) is 114 Å². The summed E-state index contributed by atoms with van der Waals surface area (Å²) in [5.74, 6) is -0.105. The number of nitrogens with zero attached hydrogens (tertiary/aromatic N) is 4. The van der Waals surface area contributed by atoms with E-state index < -0.39 is 19.1 Å². The van der Waals surface area contributed by atoms with Gasteiger partial charge in [-0.3, -0.25) is 0 Å². The molecule has 0 aliphatic heterocycles. The van der Waals surface area contributed by atoms with Gasteiger partial charge < -0.3 is 0 Å². The Hall–Kier alpha value is -6.52. The molecule has 0 atom stereocenters. The van der Waals surface area contributed by atoms with Crippen LogP contribution in [-0.2, 0) is 53.7 Å². The molecule has 0 aliphatic carbocycles. The zero-order valence-corrected chi connectivity index (χ0v) is 45.2. The number of aromatic nitrogens is 4. The van der Waals surface area contributed by atoms with Gasteiger partial charge in [0, 0.05) is 77.5 Å². The lowest BCUT2D eigenvalue weighted by Gasteiger charge is -2.08. The fraction of sp³-hybridized carbons (Fsp3) is 0.333. The van der Waals surface area contributed by atoms with E-state index in [1.165, 1.54) is 55.8 Å². The molecule has 4 heteroatoms. The van der Waals surface area contributed by atoms with E-state index in [1.807, 2.05) is 149 Å². The summed E-state index contributed by atoms with van der Waals surface area (Å²) in [6, 6.07) is 45.4. The highest BCUT2D eigenvalue weighted by Gasteiger charge is 2.17. The second kappa shape index (κ2) is 25.9. The number of benzene rings is 4. The zero-order chi connectivity index (χ0) is 56.4. The van der Waals surface area contributed by atoms with Crippen LogP contribution in [0.1, 0.15) is 105 Å². The van der Waals surface area contributed by atoms with Crippen LogP contribution in [0.5, 0.6) is 0 Å². The van der Waals surface area contributed by atoms with E-state index in [4.69, 9.17) is 8.22 Å². The van der Waals surface area contributed by atoms with Gasteiger partial charge in [-0.2, -0.15) is 0 Å². The Bertz CT molecular complexity index is 3260. The van der Waals surface area contributed by atoms with Crippen molar-refractivity contribution in [3.63, 3.8) is 0 Å². The first-order valence-electron chi connectivity index (χ1n) is 27.9. The molecule has 364 valence electrons. The fourth-order valence-electron chi connectivity index (χ4n) is 8.73. The normalized spacial score (nSPS) is 12.7. The second-order valence-corrected chi connectivity index (χ2v) is 19.1. The number of hydrogen-bond donors (Lipinski definition) is 0. The fourth-order valence-corrected chi connectivity index (χ4v) is 8.73. The van der Waals surface area contributed by atoms with Gasteiger partial charge >= 0.3 is 0 Å². The summed E-state index contributed by atoms with van der Waals surface area (Å²) >= 11 is 0. The minimum Gasteiger partial charge on any atom is -0.201 e. The van der Waals surface area contributed by atoms with Crippen LogP contribution in [0.2, 0.25) is 0 Å². The topological polar surface area (TPSA) is 15.5 Å². The van der Waals surface area contributed by atoms with E-state index >= 15 is 0 Å². The van der Waals surface area contributed by atoms with Gasteiger partial charge in [-0.25, -0.2) is 18.3 Å². The SMILES string of the molecule is CCc1c[n+](C)c(-c2ccccc2C)cc1C.[2H]C([2H])(C)c1c[n+](C)c(-c2ccccc2C)cc1C.[2H]C([2H])(c1cc[n+](C)c(-c2ccccc2C)c1)C(C)C.[2H]C([2H])(c1ccc(-c2ccccc2C)[n+](C)c1)C(C)C. The maximum Gasteiger partial charge on any atom is 0.212 e. The summed E-state index contributed by atoms with van der Waals surface area (Å²) in [6.45, 7) is 24.1. The van der Waals surface area contributed by atoms with Crippen LogP contribution in [-0.4, -0.2) is 0 Å². The van der Waals surface area contributed by atoms with Crippen LogP contribution in [0.3, 0.4) is 0 Å². The summed E-state index contributed by atoms with van der Waals surface area (Å²) < 4.78 is 57.0. The van der Waals surface area contributed by atoms with Gasteiger partial charge in [0.05, 0.1) is 0 Å². The highest BCUT2D eigenvalue weighted by molar-refractivity contribution is 5.64. The first-order valence-corrected chi connectivity index (χ1v) is 24.9. The lowest BCUT2D eigenvalue weighted by molar-refractivity contribution is -0.661. The predicted molar refractivity (Wildman–Crippen MR) is 296 cm³/mol. The summed E-state index contributed by atoms with van der Waals surface area (Å²) in [6.07, 6.45) is 5.15. The standard InChI is InChI=1S/2C17H22N.2C16H20N/c1-13(2)11-15-9-10-18(4)17(12-15)16-8-6-5-7-14(16)3;1-13(2)11-15-9-10-17(18(4)12-15)16-8-6-5-7-14(16)3;2*1-5-14-11-17(4)16(10-13(14)3)15-9-7-6-8-12(15)2/h2*5-10,12-13H,11H2,1-4H3;2*6-11H,5H2,1-4H3/q4*+1/i2*11D2;5D2;. The van der Waals surface area contributed by atoms with Crippen molar-refractivity contribution in [2.75, 3.05) is 0 Å². The number of rotatable bonds is 10. The van der Waals surface area contributed by atoms with Crippen LogP contribution >= 0.6 is 0 Å². The Morgan fingerprint density at radius 1 is 0.386 bits per heavy atom. The van der Waals surface area contributed by atoms with E-state index in [1.54, 1.807) is 6.92 Å². The Balaban J connectivity index is 0.000000187. The first-order chi connectivity index (χ1) is 35.6. The van der Waals surface area contributed by atoms with Gasteiger partial charge in [0.1, 0.15) is 28.2 Å². The molecule has 0 amide bonds. The monoisotopic (exact) mass is 939 g/mol. The van der Waals surface area contributed by atoms with E-state index in [0.717, 1.165) is 51.3 Å². The van der Waals surface area contributed by atoms with Crippen LogP contribution in [0.4, 0.5) is 0 Å². The Kier molecular flexibility index (Phi) is 17.0. The molecule has 4 aromatic heterocycles.